The fourth-order valence-electron chi connectivity index (χ4n) is 2.36. The summed E-state index contributed by atoms with van der Waals surface area (Å²) in [5.74, 6) is -4.59. The van der Waals surface area contributed by atoms with Gasteiger partial charge in [0, 0.05) is 20.8 Å². The van der Waals surface area contributed by atoms with Crippen LogP contribution in [-0.2, 0) is 47.6 Å². The van der Waals surface area contributed by atoms with E-state index in [1.165, 1.54) is 0 Å². The van der Waals surface area contributed by atoms with Crippen LogP contribution < -0.4 is 0 Å². The van der Waals surface area contributed by atoms with Gasteiger partial charge in [-0.3, -0.25) is 19.8 Å². The lowest BCUT2D eigenvalue weighted by atomic mass is 9.97. The molecule has 0 aromatic rings. The molecular weight excluding hydrogens is 461 g/mol. The molecule has 1 heterocycles. The van der Waals surface area contributed by atoms with Gasteiger partial charge in [0.2, 0.25) is 18.3 Å². The molecule has 5 atom stereocenters. The van der Waals surface area contributed by atoms with E-state index < -0.39 is 64.3 Å². The van der Waals surface area contributed by atoms with Gasteiger partial charge in [-0.15, -0.1) is 0 Å². The number of hydrogen-bond acceptors (Lipinski definition) is 11. The highest BCUT2D eigenvalue weighted by molar-refractivity contribution is 6.76. The first-order valence-electron chi connectivity index (χ1n) is 7.85. The predicted octanol–water partition coefficient (Wildman–Crippen LogP) is 1.04. The summed E-state index contributed by atoms with van der Waals surface area (Å²) in [5.41, 5.74) is 0. The summed E-state index contributed by atoms with van der Waals surface area (Å²) in [4.78, 5) is 46.9. The van der Waals surface area contributed by atoms with Gasteiger partial charge in [0.25, 0.3) is 3.79 Å². The molecule has 1 aliphatic rings. The van der Waals surface area contributed by atoms with Crippen LogP contribution in [0.3, 0.4) is 0 Å². The molecule has 29 heavy (non-hydrogen) atoms. The maximum atomic E-state index is 12.2. The van der Waals surface area contributed by atoms with E-state index in [-0.39, 0.29) is 0 Å². The van der Waals surface area contributed by atoms with Crippen molar-refractivity contribution in [3.8, 4) is 0 Å². The molecular formula is C15H18Cl3NO10. The summed E-state index contributed by atoms with van der Waals surface area (Å²) in [6.07, 6.45) is -8.20. The van der Waals surface area contributed by atoms with Crippen molar-refractivity contribution in [3.63, 3.8) is 0 Å². The van der Waals surface area contributed by atoms with Crippen LogP contribution in [0.25, 0.3) is 0 Å². The largest absolute Gasteiger partial charge is 0.467 e. The molecule has 0 aliphatic carbocycles. The van der Waals surface area contributed by atoms with E-state index >= 15 is 0 Å². The van der Waals surface area contributed by atoms with Crippen LogP contribution in [0.4, 0.5) is 0 Å². The molecule has 0 aromatic heterocycles. The van der Waals surface area contributed by atoms with Crippen molar-refractivity contribution < 1.29 is 47.6 Å². The molecule has 164 valence electrons. The van der Waals surface area contributed by atoms with E-state index in [4.69, 9.17) is 63.9 Å². The second-order valence-corrected chi connectivity index (χ2v) is 7.90. The highest BCUT2D eigenvalue weighted by atomic mass is 35.6. The standard InChI is InChI=1S/C15H18Cl3NO10/c1-5(20)25-8-9(26-6(2)21)11(27-7(3)22)13(28-10(8)12(23)24-4)29-14(19)15(16,17)18/h8-11,13,19H,1-4H3/t8-,9-,10?,11?,13+/m0/s1. The molecule has 1 fully saturated rings. The Morgan fingerprint density at radius 1 is 0.828 bits per heavy atom. The molecule has 0 bridgehead atoms. The van der Waals surface area contributed by atoms with Gasteiger partial charge in [-0.1, -0.05) is 34.8 Å². The Morgan fingerprint density at radius 3 is 1.69 bits per heavy atom. The third-order valence-corrected chi connectivity index (χ3v) is 3.84. The second-order valence-electron chi connectivity index (χ2n) is 5.62. The van der Waals surface area contributed by atoms with Gasteiger partial charge in [0.05, 0.1) is 7.11 Å². The lowest BCUT2D eigenvalue weighted by Crippen LogP contribution is -2.64. The van der Waals surface area contributed by atoms with Crippen molar-refractivity contribution in [2.24, 2.45) is 0 Å². The number of carbonyl (C=O) groups excluding carboxylic acids is 4. The van der Waals surface area contributed by atoms with Crippen molar-refractivity contribution in [1.82, 2.24) is 0 Å². The quantitative estimate of drug-likeness (QED) is 0.200. The molecule has 0 saturated carbocycles. The lowest BCUT2D eigenvalue weighted by molar-refractivity contribution is -0.285. The summed E-state index contributed by atoms with van der Waals surface area (Å²) in [5, 5.41) is 7.69. The van der Waals surface area contributed by atoms with Crippen LogP contribution in [-0.4, -0.2) is 71.4 Å². The third kappa shape index (κ3) is 7.18. The summed E-state index contributed by atoms with van der Waals surface area (Å²) < 4.78 is 28.0. The van der Waals surface area contributed by atoms with Crippen molar-refractivity contribution in [3.05, 3.63) is 0 Å². The minimum atomic E-state index is -2.32. The molecule has 1 N–H and O–H groups in total. The van der Waals surface area contributed by atoms with Crippen molar-refractivity contribution >= 4 is 64.6 Å². The van der Waals surface area contributed by atoms with Gasteiger partial charge in [0.1, 0.15) is 0 Å². The first kappa shape index (κ1) is 25.2. The van der Waals surface area contributed by atoms with Crippen LogP contribution in [0.1, 0.15) is 20.8 Å². The summed E-state index contributed by atoms with van der Waals surface area (Å²) in [7, 11) is 1.02. The smallest absolute Gasteiger partial charge is 0.339 e. The first-order valence-corrected chi connectivity index (χ1v) is 8.98. The highest BCUT2D eigenvalue weighted by Gasteiger charge is 2.56. The Labute approximate surface area is 180 Å². The minimum absolute atomic E-state index is 0.861. The Balaban J connectivity index is 3.44. The molecule has 0 aromatic carbocycles. The number of rotatable bonds is 5. The average molecular weight is 479 g/mol. The van der Waals surface area contributed by atoms with Gasteiger partial charge < -0.3 is 28.4 Å². The number of ether oxygens (including phenoxy) is 6. The number of halogens is 3. The van der Waals surface area contributed by atoms with Crippen LogP contribution in [0, 0.1) is 5.41 Å². The lowest BCUT2D eigenvalue weighted by Gasteiger charge is -2.43. The van der Waals surface area contributed by atoms with Gasteiger partial charge >= 0.3 is 23.9 Å². The summed E-state index contributed by atoms with van der Waals surface area (Å²) in [6, 6.07) is 0. The van der Waals surface area contributed by atoms with E-state index in [1.54, 1.807) is 0 Å². The Morgan fingerprint density at radius 2 is 1.28 bits per heavy atom. The zero-order chi connectivity index (χ0) is 22.5. The van der Waals surface area contributed by atoms with Crippen molar-refractivity contribution in [1.29, 1.82) is 5.41 Å². The molecule has 14 heteroatoms. The molecule has 2 unspecified atom stereocenters. The van der Waals surface area contributed by atoms with Gasteiger partial charge in [-0.05, 0) is 0 Å². The number of hydrogen-bond donors (Lipinski definition) is 1. The number of nitrogens with one attached hydrogen (secondary N) is 1. The maximum absolute atomic E-state index is 12.2. The van der Waals surface area contributed by atoms with E-state index in [9.17, 15) is 19.2 Å². The van der Waals surface area contributed by atoms with Gasteiger partial charge in [-0.25, -0.2) is 4.79 Å². The molecule has 0 radical (unpaired) electrons. The fourth-order valence-corrected chi connectivity index (χ4v) is 2.49. The maximum Gasteiger partial charge on any atom is 0.339 e. The van der Waals surface area contributed by atoms with Crippen molar-refractivity contribution in [2.75, 3.05) is 7.11 Å². The zero-order valence-electron chi connectivity index (χ0n) is 15.6. The molecule has 1 saturated heterocycles. The van der Waals surface area contributed by atoms with E-state index in [0.717, 1.165) is 27.9 Å². The molecule has 1 rings (SSSR count). The number of methoxy groups -OCH3 is 1. The van der Waals surface area contributed by atoms with E-state index in [1.807, 2.05) is 0 Å². The monoisotopic (exact) mass is 477 g/mol. The Bertz CT molecular complexity index is 680. The van der Waals surface area contributed by atoms with Crippen LogP contribution in [0.2, 0.25) is 0 Å². The van der Waals surface area contributed by atoms with Crippen LogP contribution in [0.5, 0.6) is 0 Å². The fraction of sp³-hybridized carbons (Fsp3) is 0.667. The highest BCUT2D eigenvalue weighted by Crippen LogP contribution is 2.33. The number of alkyl halides is 3. The number of carbonyl (C=O) groups is 4. The first-order chi connectivity index (χ1) is 13.3. The molecule has 0 spiro atoms. The van der Waals surface area contributed by atoms with Crippen LogP contribution in [0.15, 0.2) is 0 Å². The van der Waals surface area contributed by atoms with Gasteiger partial charge in [-0.2, -0.15) is 0 Å². The van der Waals surface area contributed by atoms with E-state index in [0.29, 0.717) is 0 Å². The molecule has 1 aliphatic heterocycles. The summed E-state index contributed by atoms with van der Waals surface area (Å²) in [6.45, 7) is 3.08. The molecule has 0 amide bonds. The summed E-state index contributed by atoms with van der Waals surface area (Å²) >= 11 is 16.7. The Kier molecular flexibility index (Phi) is 8.94. The predicted molar refractivity (Wildman–Crippen MR) is 96.4 cm³/mol. The van der Waals surface area contributed by atoms with Crippen molar-refractivity contribution in [2.45, 2.75) is 55.3 Å². The topological polar surface area (TPSA) is 148 Å². The van der Waals surface area contributed by atoms with Crippen LogP contribution >= 0.6 is 34.8 Å². The van der Waals surface area contributed by atoms with E-state index in [2.05, 4.69) is 4.74 Å². The van der Waals surface area contributed by atoms with Gasteiger partial charge in [0.15, 0.2) is 18.3 Å². The SMILES string of the molecule is COC(=O)C1O[C@H](OC(=N)C(Cl)(Cl)Cl)C(OC(C)=O)[C@@H](OC(C)=O)[C@@H]1OC(C)=O. The number of esters is 4. The normalized spacial score (nSPS) is 26.7. The zero-order valence-corrected chi connectivity index (χ0v) is 17.9. The molecule has 11 nitrogen and oxygen atoms in total. The Hall–Kier alpha value is -1.82. The second kappa shape index (κ2) is 10.3. The average Bonchev–Trinajstić information content (AvgIpc) is 2.56. The minimum Gasteiger partial charge on any atom is -0.467 e. The third-order valence-electron chi connectivity index (χ3n) is 3.33.